The number of rotatable bonds is 4. The normalized spacial score (nSPS) is 10.1. The molecule has 18 heavy (non-hydrogen) atoms. The molecule has 0 unspecified atom stereocenters. The van der Waals surface area contributed by atoms with Gasteiger partial charge in [0.25, 0.3) is 0 Å². The molecule has 0 radical (unpaired) electrons. The van der Waals surface area contributed by atoms with Crippen LogP contribution in [0.5, 0.6) is 0 Å². The highest BCUT2D eigenvalue weighted by molar-refractivity contribution is 5.92. The average molecular weight is 272 g/mol. The number of carbonyl (C=O) groups is 1. The van der Waals surface area contributed by atoms with Gasteiger partial charge in [-0.05, 0) is 46.0 Å². The standard InChI is InChI=1S/C14H21NO2.ClH/c1-10-8-11(2)13(12(3)9-10)14(16)17-7-6-15(4)5;/h8-9H,6-7H2,1-5H3;1H. The molecule has 0 saturated heterocycles. The fraction of sp³-hybridized carbons (Fsp3) is 0.500. The topological polar surface area (TPSA) is 29.5 Å². The van der Waals surface area contributed by atoms with Crippen molar-refractivity contribution >= 4 is 18.4 Å². The minimum atomic E-state index is -0.221. The van der Waals surface area contributed by atoms with Crippen molar-refractivity contribution in [2.24, 2.45) is 0 Å². The summed E-state index contributed by atoms with van der Waals surface area (Å²) in [5.74, 6) is -0.221. The van der Waals surface area contributed by atoms with E-state index in [0.29, 0.717) is 12.2 Å². The Labute approximate surface area is 116 Å². The van der Waals surface area contributed by atoms with Gasteiger partial charge in [0.2, 0.25) is 0 Å². The molecule has 0 amide bonds. The van der Waals surface area contributed by atoms with Gasteiger partial charge in [-0.2, -0.15) is 0 Å². The van der Waals surface area contributed by atoms with Gasteiger partial charge in [0.05, 0.1) is 5.56 Å². The molecule has 0 fully saturated rings. The Hall–Kier alpha value is -1.06. The van der Waals surface area contributed by atoms with Crippen LogP contribution in [0.4, 0.5) is 0 Å². The lowest BCUT2D eigenvalue weighted by atomic mass is 10.00. The van der Waals surface area contributed by atoms with E-state index in [0.717, 1.165) is 17.7 Å². The van der Waals surface area contributed by atoms with E-state index in [4.69, 9.17) is 4.74 Å². The molecule has 0 aromatic heterocycles. The molecule has 4 heteroatoms. The quantitative estimate of drug-likeness (QED) is 0.789. The molecule has 1 aromatic carbocycles. The third kappa shape index (κ3) is 4.67. The second-order valence-corrected chi connectivity index (χ2v) is 4.71. The first-order chi connectivity index (χ1) is 7.91. The zero-order valence-corrected chi connectivity index (χ0v) is 12.6. The molecule has 102 valence electrons. The molecule has 3 nitrogen and oxygen atoms in total. The van der Waals surface area contributed by atoms with Crippen LogP contribution in [0, 0.1) is 20.8 Å². The van der Waals surface area contributed by atoms with Crippen LogP contribution in [0.1, 0.15) is 27.0 Å². The lowest BCUT2D eigenvalue weighted by Crippen LogP contribution is -2.20. The summed E-state index contributed by atoms with van der Waals surface area (Å²) in [5.41, 5.74) is 3.84. The number of benzene rings is 1. The van der Waals surface area contributed by atoms with E-state index < -0.39 is 0 Å². The van der Waals surface area contributed by atoms with Crippen LogP contribution >= 0.6 is 12.4 Å². The Morgan fingerprint density at radius 3 is 2.11 bits per heavy atom. The molecular weight excluding hydrogens is 250 g/mol. The van der Waals surface area contributed by atoms with Crippen molar-refractivity contribution in [3.05, 3.63) is 34.4 Å². The van der Waals surface area contributed by atoms with Gasteiger partial charge in [-0.1, -0.05) is 17.7 Å². The zero-order chi connectivity index (χ0) is 13.0. The maximum absolute atomic E-state index is 11.9. The maximum Gasteiger partial charge on any atom is 0.338 e. The molecule has 0 N–H and O–H groups in total. The van der Waals surface area contributed by atoms with Crippen LogP contribution in [0.2, 0.25) is 0 Å². The average Bonchev–Trinajstić information content (AvgIpc) is 2.14. The first-order valence-corrected chi connectivity index (χ1v) is 5.81. The van der Waals surface area contributed by atoms with Crippen molar-refractivity contribution in [1.82, 2.24) is 4.90 Å². The number of likely N-dealkylation sites (N-methyl/N-ethyl adjacent to an activating group) is 1. The Kier molecular flexibility index (Phi) is 6.96. The fourth-order valence-corrected chi connectivity index (χ4v) is 1.90. The van der Waals surface area contributed by atoms with Crippen LogP contribution in [0.3, 0.4) is 0 Å². The molecule has 1 aromatic rings. The summed E-state index contributed by atoms with van der Waals surface area (Å²) >= 11 is 0. The van der Waals surface area contributed by atoms with Crippen molar-refractivity contribution in [2.45, 2.75) is 20.8 Å². The lowest BCUT2D eigenvalue weighted by Gasteiger charge is -2.13. The zero-order valence-electron chi connectivity index (χ0n) is 11.7. The van der Waals surface area contributed by atoms with E-state index in [1.807, 2.05) is 51.9 Å². The van der Waals surface area contributed by atoms with E-state index in [9.17, 15) is 4.79 Å². The predicted molar refractivity (Wildman–Crippen MR) is 76.7 cm³/mol. The summed E-state index contributed by atoms with van der Waals surface area (Å²) in [6.07, 6.45) is 0. The molecular formula is C14H22ClNO2. The number of aryl methyl sites for hydroxylation is 3. The Bertz CT molecular complexity index is 393. The number of nitrogens with zero attached hydrogens (tertiary/aromatic N) is 1. The van der Waals surface area contributed by atoms with Crippen LogP contribution < -0.4 is 0 Å². The summed E-state index contributed by atoms with van der Waals surface area (Å²) < 4.78 is 5.26. The van der Waals surface area contributed by atoms with E-state index in [1.54, 1.807) is 0 Å². The van der Waals surface area contributed by atoms with Gasteiger partial charge >= 0.3 is 5.97 Å². The van der Waals surface area contributed by atoms with E-state index >= 15 is 0 Å². The largest absolute Gasteiger partial charge is 0.461 e. The summed E-state index contributed by atoms with van der Waals surface area (Å²) in [6.45, 7) is 7.10. The summed E-state index contributed by atoms with van der Waals surface area (Å²) in [7, 11) is 3.91. The molecule has 0 saturated carbocycles. The minimum absolute atomic E-state index is 0. The summed E-state index contributed by atoms with van der Waals surface area (Å²) in [5, 5.41) is 0. The van der Waals surface area contributed by atoms with Crippen LogP contribution in [0.25, 0.3) is 0 Å². The lowest BCUT2D eigenvalue weighted by molar-refractivity contribution is 0.0480. The number of ether oxygens (including phenoxy) is 1. The van der Waals surface area contributed by atoms with Gasteiger partial charge in [0, 0.05) is 6.54 Å². The fourth-order valence-electron chi connectivity index (χ4n) is 1.90. The third-order valence-electron chi connectivity index (χ3n) is 2.65. The highest BCUT2D eigenvalue weighted by atomic mass is 35.5. The summed E-state index contributed by atoms with van der Waals surface area (Å²) in [6, 6.07) is 4.02. The molecule has 0 bridgehead atoms. The second-order valence-electron chi connectivity index (χ2n) is 4.71. The van der Waals surface area contributed by atoms with Crippen molar-refractivity contribution < 1.29 is 9.53 Å². The molecule has 0 aliphatic carbocycles. The van der Waals surface area contributed by atoms with E-state index in [1.165, 1.54) is 5.56 Å². The summed E-state index contributed by atoms with van der Waals surface area (Å²) in [4.78, 5) is 13.9. The van der Waals surface area contributed by atoms with Crippen LogP contribution in [-0.2, 0) is 4.74 Å². The third-order valence-corrected chi connectivity index (χ3v) is 2.65. The highest BCUT2D eigenvalue weighted by Gasteiger charge is 2.13. The minimum Gasteiger partial charge on any atom is -0.461 e. The number of hydrogen-bond donors (Lipinski definition) is 0. The number of halogens is 1. The molecule has 0 spiro atoms. The number of esters is 1. The van der Waals surface area contributed by atoms with Gasteiger partial charge in [-0.25, -0.2) is 4.79 Å². The Balaban J connectivity index is 0.00000289. The SMILES string of the molecule is Cc1cc(C)c(C(=O)OCCN(C)C)c(C)c1.Cl. The smallest absolute Gasteiger partial charge is 0.338 e. The molecule has 0 atom stereocenters. The van der Waals surface area contributed by atoms with Crippen LogP contribution in [0.15, 0.2) is 12.1 Å². The molecule has 0 heterocycles. The Morgan fingerprint density at radius 2 is 1.67 bits per heavy atom. The van der Waals surface area contributed by atoms with E-state index in [-0.39, 0.29) is 18.4 Å². The van der Waals surface area contributed by atoms with Gasteiger partial charge in [0.1, 0.15) is 6.61 Å². The van der Waals surface area contributed by atoms with Crippen LogP contribution in [-0.4, -0.2) is 38.1 Å². The van der Waals surface area contributed by atoms with Crippen molar-refractivity contribution in [3.63, 3.8) is 0 Å². The van der Waals surface area contributed by atoms with Gasteiger partial charge in [-0.15, -0.1) is 12.4 Å². The first kappa shape index (κ1) is 16.9. The predicted octanol–water partition coefficient (Wildman–Crippen LogP) is 2.75. The monoisotopic (exact) mass is 271 g/mol. The van der Waals surface area contributed by atoms with Gasteiger partial charge in [-0.3, -0.25) is 0 Å². The number of carbonyl (C=O) groups excluding carboxylic acids is 1. The molecule has 0 aliphatic rings. The maximum atomic E-state index is 11.9. The van der Waals surface area contributed by atoms with Gasteiger partial charge < -0.3 is 9.64 Å². The second kappa shape index (κ2) is 7.39. The van der Waals surface area contributed by atoms with Crippen molar-refractivity contribution in [3.8, 4) is 0 Å². The Morgan fingerprint density at radius 1 is 1.17 bits per heavy atom. The van der Waals surface area contributed by atoms with E-state index in [2.05, 4.69) is 0 Å². The van der Waals surface area contributed by atoms with Gasteiger partial charge in [0.15, 0.2) is 0 Å². The first-order valence-electron chi connectivity index (χ1n) is 5.81. The number of hydrogen-bond acceptors (Lipinski definition) is 3. The molecule has 1 rings (SSSR count). The van der Waals surface area contributed by atoms with Crippen molar-refractivity contribution in [1.29, 1.82) is 0 Å². The molecule has 0 aliphatic heterocycles. The van der Waals surface area contributed by atoms with Crippen molar-refractivity contribution in [2.75, 3.05) is 27.2 Å². The highest BCUT2D eigenvalue weighted by Crippen LogP contribution is 2.17.